The van der Waals surface area contributed by atoms with Gasteiger partial charge in [-0.15, -0.1) is 0 Å². The average Bonchev–Trinajstić information content (AvgIpc) is 2.38. The third kappa shape index (κ3) is 4.51. The Balaban J connectivity index is 1.75. The van der Waals surface area contributed by atoms with Gasteiger partial charge in [-0.2, -0.15) is 0 Å². The van der Waals surface area contributed by atoms with E-state index in [0.717, 1.165) is 36.9 Å². The van der Waals surface area contributed by atoms with Crippen LogP contribution in [0.25, 0.3) is 0 Å². The van der Waals surface area contributed by atoms with E-state index in [-0.39, 0.29) is 0 Å². The summed E-state index contributed by atoms with van der Waals surface area (Å²) in [4.78, 5) is 2.35. The molecule has 0 saturated carbocycles. The fraction of sp³-hybridized carbons (Fsp3) is 0.625. The molecule has 3 nitrogen and oxygen atoms in total. The number of likely N-dealkylation sites (tertiary alicyclic amines) is 1. The van der Waals surface area contributed by atoms with Crippen LogP contribution in [0.5, 0.6) is 5.75 Å². The summed E-state index contributed by atoms with van der Waals surface area (Å²) in [5.41, 5.74) is 1.11. The molecule has 1 aromatic rings. The number of aryl methyl sites for hydroxylation is 1. The predicted molar refractivity (Wildman–Crippen MR) is 77.5 cm³/mol. The quantitative estimate of drug-likeness (QED) is 0.886. The first kappa shape index (κ1) is 14.4. The van der Waals surface area contributed by atoms with Gasteiger partial charge in [0.05, 0.1) is 0 Å². The number of rotatable bonds is 5. The molecule has 1 aliphatic rings. The molecular formula is C16H25NO2. The van der Waals surface area contributed by atoms with Gasteiger partial charge in [-0.25, -0.2) is 0 Å². The highest BCUT2D eigenvalue weighted by molar-refractivity contribution is 5.31. The number of aliphatic hydroxyl groups excluding tert-OH is 1. The summed E-state index contributed by atoms with van der Waals surface area (Å²) in [7, 11) is 0. The first-order chi connectivity index (χ1) is 9.15. The van der Waals surface area contributed by atoms with Gasteiger partial charge < -0.3 is 14.7 Å². The van der Waals surface area contributed by atoms with Gasteiger partial charge >= 0.3 is 0 Å². The van der Waals surface area contributed by atoms with E-state index in [1.807, 2.05) is 31.2 Å². The van der Waals surface area contributed by atoms with Crippen LogP contribution in [0.1, 0.15) is 25.3 Å². The number of ether oxygens (including phenoxy) is 1. The SMILES string of the molecule is Cc1ccccc1OC[C@@H](O)CN1CCC[C@H](C)C1. The van der Waals surface area contributed by atoms with E-state index in [0.29, 0.717) is 6.61 Å². The molecule has 1 fully saturated rings. The Morgan fingerprint density at radius 1 is 1.42 bits per heavy atom. The summed E-state index contributed by atoms with van der Waals surface area (Å²) in [5, 5.41) is 10.1. The van der Waals surface area contributed by atoms with Gasteiger partial charge in [0.25, 0.3) is 0 Å². The fourth-order valence-corrected chi connectivity index (χ4v) is 2.71. The maximum absolute atomic E-state index is 10.1. The van der Waals surface area contributed by atoms with Crippen LogP contribution in [0.2, 0.25) is 0 Å². The topological polar surface area (TPSA) is 32.7 Å². The highest BCUT2D eigenvalue weighted by atomic mass is 16.5. The lowest BCUT2D eigenvalue weighted by Gasteiger charge is -2.32. The van der Waals surface area contributed by atoms with Gasteiger partial charge in [0.2, 0.25) is 0 Å². The van der Waals surface area contributed by atoms with Crippen molar-refractivity contribution in [1.82, 2.24) is 4.90 Å². The summed E-state index contributed by atoms with van der Waals surface area (Å²) in [6.45, 7) is 7.59. The molecule has 106 valence electrons. The average molecular weight is 263 g/mol. The van der Waals surface area contributed by atoms with Crippen LogP contribution in [0.3, 0.4) is 0 Å². The van der Waals surface area contributed by atoms with Crippen LogP contribution in [-0.2, 0) is 0 Å². The van der Waals surface area contributed by atoms with Crippen LogP contribution in [0, 0.1) is 12.8 Å². The Hall–Kier alpha value is -1.06. The zero-order valence-corrected chi connectivity index (χ0v) is 12.0. The molecule has 0 amide bonds. The maximum Gasteiger partial charge on any atom is 0.122 e. The van der Waals surface area contributed by atoms with Crippen molar-refractivity contribution in [2.45, 2.75) is 32.8 Å². The molecule has 1 aliphatic heterocycles. The first-order valence-corrected chi connectivity index (χ1v) is 7.24. The summed E-state index contributed by atoms with van der Waals surface area (Å²) in [5.74, 6) is 1.62. The maximum atomic E-state index is 10.1. The van der Waals surface area contributed by atoms with Gasteiger partial charge in [0.1, 0.15) is 18.5 Å². The third-order valence-corrected chi connectivity index (χ3v) is 3.73. The highest BCUT2D eigenvalue weighted by Crippen LogP contribution is 2.18. The smallest absolute Gasteiger partial charge is 0.122 e. The van der Waals surface area contributed by atoms with Crippen molar-refractivity contribution in [1.29, 1.82) is 0 Å². The van der Waals surface area contributed by atoms with E-state index >= 15 is 0 Å². The van der Waals surface area contributed by atoms with E-state index in [9.17, 15) is 5.11 Å². The molecule has 0 aromatic heterocycles. The van der Waals surface area contributed by atoms with Crippen LogP contribution in [-0.4, -0.2) is 42.4 Å². The normalized spacial score (nSPS) is 22.2. The second-order valence-corrected chi connectivity index (χ2v) is 5.74. The van der Waals surface area contributed by atoms with Gasteiger partial charge in [0, 0.05) is 13.1 Å². The van der Waals surface area contributed by atoms with Crippen molar-refractivity contribution >= 4 is 0 Å². The number of hydrogen-bond donors (Lipinski definition) is 1. The second kappa shape index (κ2) is 6.92. The Morgan fingerprint density at radius 3 is 2.95 bits per heavy atom. The Morgan fingerprint density at radius 2 is 2.21 bits per heavy atom. The molecule has 2 rings (SSSR count). The van der Waals surface area contributed by atoms with Gasteiger partial charge in [-0.05, 0) is 43.9 Å². The fourth-order valence-electron chi connectivity index (χ4n) is 2.71. The Kier molecular flexibility index (Phi) is 5.23. The van der Waals surface area contributed by atoms with Crippen molar-refractivity contribution in [3.05, 3.63) is 29.8 Å². The minimum Gasteiger partial charge on any atom is -0.491 e. The molecule has 19 heavy (non-hydrogen) atoms. The van der Waals surface area contributed by atoms with Gasteiger partial charge in [0.15, 0.2) is 0 Å². The molecular weight excluding hydrogens is 238 g/mol. The van der Waals surface area contributed by atoms with Gasteiger partial charge in [-0.1, -0.05) is 25.1 Å². The number of aliphatic hydroxyl groups is 1. The van der Waals surface area contributed by atoms with Crippen LogP contribution in [0.15, 0.2) is 24.3 Å². The number of hydrogen-bond acceptors (Lipinski definition) is 3. The lowest BCUT2D eigenvalue weighted by Crippen LogP contribution is -2.41. The molecule has 0 unspecified atom stereocenters. The number of para-hydroxylation sites is 1. The molecule has 0 spiro atoms. The van der Waals surface area contributed by atoms with Gasteiger partial charge in [-0.3, -0.25) is 0 Å². The number of nitrogens with zero attached hydrogens (tertiary/aromatic N) is 1. The summed E-state index contributed by atoms with van der Waals surface area (Å²) in [6.07, 6.45) is 2.14. The molecule has 2 atom stereocenters. The number of β-amino-alcohol motifs (C(OH)–C–C–N with tert-alkyl or cyclic N) is 1. The summed E-state index contributed by atoms with van der Waals surface area (Å²) in [6, 6.07) is 7.92. The lowest BCUT2D eigenvalue weighted by molar-refractivity contribution is 0.0535. The lowest BCUT2D eigenvalue weighted by atomic mass is 10.0. The molecule has 0 bridgehead atoms. The standard InChI is InChI=1S/C16H25NO2/c1-13-6-5-9-17(10-13)11-15(18)12-19-16-8-4-3-7-14(16)2/h3-4,7-8,13,15,18H,5-6,9-12H2,1-2H3/t13-,15-/m0/s1. The van der Waals surface area contributed by atoms with Crippen molar-refractivity contribution in [2.75, 3.05) is 26.2 Å². The Labute approximate surface area is 116 Å². The van der Waals surface area contributed by atoms with Crippen LogP contribution in [0.4, 0.5) is 0 Å². The minimum atomic E-state index is -0.412. The predicted octanol–water partition coefficient (Wildman–Crippen LogP) is 2.47. The van der Waals surface area contributed by atoms with E-state index in [2.05, 4.69) is 11.8 Å². The van der Waals surface area contributed by atoms with E-state index in [1.165, 1.54) is 12.8 Å². The molecule has 1 aromatic carbocycles. The first-order valence-electron chi connectivity index (χ1n) is 7.24. The zero-order valence-electron chi connectivity index (χ0n) is 12.0. The molecule has 3 heteroatoms. The van der Waals surface area contributed by atoms with E-state index in [1.54, 1.807) is 0 Å². The number of benzene rings is 1. The molecule has 0 radical (unpaired) electrons. The zero-order chi connectivity index (χ0) is 13.7. The van der Waals surface area contributed by atoms with Crippen molar-refractivity contribution in [3.63, 3.8) is 0 Å². The van der Waals surface area contributed by atoms with Crippen LogP contribution >= 0.6 is 0 Å². The molecule has 1 N–H and O–H groups in total. The highest BCUT2D eigenvalue weighted by Gasteiger charge is 2.19. The van der Waals surface area contributed by atoms with Crippen molar-refractivity contribution in [2.24, 2.45) is 5.92 Å². The largest absolute Gasteiger partial charge is 0.491 e. The van der Waals surface area contributed by atoms with Crippen molar-refractivity contribution in [3.8, 4) is 5.75 Å². The van der Waals surface area contributed by atoms with E-state index in [4.69, 9.17) is 4.74 Å². The minimum absolute atomic E-state index is 0.371. The number of piperidine rings is 1. The second-order valence-electron chi connectivity index (χ2n) is 5.74. The molecule has 1 saturated heterocycles. The third-order valence-electron chi connectivity index (χ3n) is 3.73. The van der Waals surface area contributed by atoms with E-state index < -0.39 is 6.10 Å². The van der Waals surface area contributed by atoms with Crippen LogP contribution < -0.4 is 4.74 Å². The monoisotopic (exact) mass is 263 g/mol. The van der Waals surface area contributed by atoms with Crippen molar-refractivity contribution < 1.29 is 9.84 Å². The molecule has 0 aliphatic carbocycles. The molecule has 1 heterocycles. The summed E-state index contributed by atoms with van der Waals surface area (Å²) < 4.78 is 5.69. The summed E-state index contributed by atoms with van der Waals surface area (Å²) >= 11 is 0. The Bertz CT molecular complexity index is 394.